The van der Waals surface area contributed by atoms with Crippen LogP contribution in [0.1, 0.15) is 26.3 Å². The molecular formula is C10H16BN+. The van der Waals surface area contributed by atoms with E-state index in [1.165, 1.54) is 5.56 Å². The number of nitrogens with zero attached hydrogens (tertiary/aromatic N) is 1. The molecule has 63 valence electrons. The highest BCUT2D eigenvalue weighted by atomic mass is 14.8. The Labute approximate surface area is 76.2 Å². The third kappa shape index (κ3) is 3.96. The molecule has 1 rings (SSSR count). The molecule has 0 saturated heterocycles. The Morgan fingerprint density at radius 3 is 2.17 bits per heavy atom. The molecule has 1 radical (unpaired) electrons. The molecule has 0 aliphatic carbocycles. The van der Waals surface area contributed by atoms with Crippen molar-refractivity contribution in [3.63, 3.8) is 0 Å². The lowest BCUT2D eigenvalue weighted by Crippen LogP contribution is -2.29. The Morgan fingerprint density at radius 2 is 1.75 bits per heavy atom. The first kappa shape index (κ1) is 11.0. The van der Waals surface area contributed by atoms with Gasteiger partial charge in [-0.25, -0.2) is 0 Å². The van der Waals surface area contributed by atoms with Crippen LogP contribution in [-0.2, 0) is 0 Å². The zero-order chi connectivity index (χ0) is 9.40. The zero-order valence-electron chi connectivity index (χ0n) is 8.12. The van der Waals surface area contributed by atoms with Crippen molar-refractivity contribution in [2.75, 3.05) is 0 Å². The Hall–Kier alpha value is -1.05. The molecule has 1 heterocycles. The van der Waals surface area contributed by atoms with Gasteiger partial charge in [-0.2, -0.15) is 0 Å². The number of allylic oxidation sites excluding steroid dienone is 1. The van der Waals surface area contributed by atoms with Crippen molar-refractivity contribution >= 4 is 14.1 Å². The highest BCUT2D eigenvalue weighted by molar-refractivity contribution is 5.94. The third-order valence-corrected chi connectivity index (χ3v) is 1.28. The van der Waals surface area contributed by atoms with Gasteiger partial charge in [0.15, 0.2) is 0 Å². The molecule has 0 fully saturated rings. The van der Waals surface area contributed by atoms with Crippen LogP contribution in [0, 0.1) is 0 Å². The average Bonchev–Trinajstić information content (AvgIpc) is 2.13. The van der Waals surface area contributed by atoms with E-state index in [0.29, 0.717) is 0 Å². The lowest BCUT2D eigenvalue weighted by molar-refractivity contribution is -0.521. The minimum absolute atomic E-state index is 1.21. The number of pyridine rings is 1. The minimum atomic E-state index is 1.21. The monoisotopic (exact) mass is 161 g/mol. The highest BCUT2D eigenvalue weighted by Gasteiger charge is 1.89. The summed E-state index contributed by atoms with van der Waals surface area (Å²) in [7, 11) is 3.71. The van der Waals surface area contributed by atoms with E-state index in [4.69, 9.17) is 0 Å². The quantitative estimate of drug-likeness (QED) is 0.552. The van der Waals surface area contributed by atoms with Gasteiger partial charge >= 0.3 is 7.98 Å². The molecule has 2 heteroatoms. The Kier molecular flexibility index (Phi) is 6.07. The molecule has 1 nitrogen and oxygen atoms in total. The van der Waals surface area contributed by atoms with Gasteiger partial charge in [-0.15, -0.1) is 0 Å². The number of hydrogen-bond acceptors (Lipinski definition) is 0. The lowest BCUT2D eigenvalue weighted by atomic mass is 10.2. The van der Waals surface area contributed by atoms with Gasteiger partial charge in [0.05, 0.1) is 0 Å². The van der Waals surface area contributed by atoms with Crippen molar-refractivity contribution in [1.82, 2.24) is 0 Å². The van der Waals surface area contributed by atoms with Crippen molar-refractivity contribution in [1.29, 1.82) is 0 Å². The minimum Gasteiger partial charge on any atom is -0.295 e. The van der Waals surface area contributed by atoms with Crippen LogP contribution in [0.3, 0.4) is 0 Å². The van der Waals surface area contributed by atoms with Crippen LogP contribution in [0.4, 0.5) is 0 Å². The standard InChI is InChI=1S/C8H10BN.C2H6/c1-2-3-8-4-6-10(9)7-5-8;1-2/h2-7,9H,1H3;1-2H3/q+1;/b3-2+;. The third-order valence-electron chi connectivity index (χ3n) is 1.28. The predicted molar refractivity (Wildman–Crippen MR) is 55.2 cm³/mol. The molecule has 0 bridgehead atoms. The molecule has 0 aliphatic heterocycles. The van der Waals surface area contributed by atoms with Crippen molar-refractivity contribution in [3.05, 3.63) is 36.2 Å². The second-order valence-corrected chi connectivity index (χ2v) is 2.15. The van der Waals surface area contributed by atoms with Gasteiger partial charge in [-0.05, 0) is 12.5 Å². The molecule has 0 aliphatic rings. The summed E-state index contributed by atoms with van der Waals surface area (Å²) in [6.45, 7) is 6.01. The second kappa shape index (κ2) is 6.65. The van der Waals surface area contributed by atoms with Crippen molar-refractivity contribution in [2.24, 2.45) is 0 Å². The van der Waals surface area contributed by atoms with E-state index < -0.39 is 0 Å². The number of hydrogen-bond donors (Lipinski definition) is 0. The summed E-state index contributed by atoms with van der Waals surface area (Å²) < 4.78 is 1.77. The molecule has 12 heavy (non-hydrogen) atoms. The Morgan fingerprint density at radius 1 is 1.25 bits per heavy atom. The van der Waals surface area contributed by atoms with Crippen LogP contribution in [0.2, 0.25) is 0 Å². The van der Waals surface area contributed by atoms with Crippen LogP contribution in [0.5, 0.6) is 0 Å². The molecule has 0 N–H and O–H groups in total. The zero-order valence-corrected chi connectivity index (χ0v) is 8.12. The molecule has 0 atom stereocenters. The largest absolute Gasteiger partial charge is 0.518 e. The normalized spacial score (nSPS) is 9.25. The smallest absolute Gasteiger partial charge is 0.295 e. The van der Waals surface area contributed by atoms with Gasteiger partial charge in [-0.3, -0.25) is 4.48 Å². The fourth-order valence-corrected chi connectivity index (χ4v) is 0.772. The summed E-state index contributed by atoms with van der Waals surface area (Å²) in [6.07, 6.45) is 7.92. The molecule has 0 amide bonds. The lowest BCUT2D eigenvalue weighted by Gasteiger charge is -1.88. The number of aromatic nitrogens is 1. The van der Waals surface area contributed by atoms with E-state index in [2.05, 4.69) is 14.1 Å². The van der Waals surface area contributed by atoms with Gasteiger partial charge in [0.1, 0.15) is 12.4 Å². The Balaban J connectivity index is 0.000000561. The first-order chi connectivity index (χ1) is 5.83. The van der Waals surface area contributed by atoms with Crippen LogP contribution in [0.25, 0.3) is 6.08 Å². The van der Waals surface area contributed by atoms with Gasteiger partial charge in [0, 0.05) is 12.1 Å². The van der Waals surface area contributed by atoms with E-state index in [0.717, 1.165) is 0 Å². The summed E-state index contributed by atoms with van der Waals surface area (Å²) in [5, 5.41) is 0. The van der Waals surface area contributed by atoms with E-state index in [9.17, 15) is 0 Å². The maximum absolute atomic E-state index is 3.71. The van der Waals surface area contributed by atoms with Crippen molar-refractivity contribution in [3.8, 4) is 0 Å². The molecule has 0 spiro atoms. The second-order valence-electron chi connectivity index (χ2n) is 2.15. The first-order valence-electron chi connectivity index (χ1n) is 4.28. The maximum atomic E-state index is 3.71. The van der Waals surface area contributed by atoms with Gasteiger partial charge < -0.3 is 0 Å². The maximum Gasteiger partial charge on any atom is 0.518 e. The summed E-state index contributed by atoms with van der Waals surface area (Å²) in [5.41, 5.74) is 1.21. The molecular weight excluding hydrogens is 145 g/mol. The first-order valence-corrected chi connectivity index (χ1v) is 4.28. The average molecular weight is 161 g/mol. The molecule has 0 aromatic carbocycles. The molecule has 1 aromatic heterocycles. The van der Waals surface area contributed by atoms with Gasteiger partial charge in [0.2, 0.25) is 0 Å². The van der Waals surface area contributed by atoms with E-state index in [1.54, 1.807) is 4.48 Å². The molecule has 0 unspecified atom stereocenters. The van der Waals surface area contributed by atoms with Gasteiger partial charge in [0.25, 0.3) is 0 Å². The van der Waals surface area contributed by atoms with Crippen LogP contribution in [-0.4, -0.2) is 7.98 Å². The van der Waals surface area contributed by atoms with Crippen molar-refractivity contribution < 1.29 is 4.48 Å². The predicted octanol–water partition coefficient (Wildman–Crippen LogP) is 1.70. The molecule has 1 aromatic rings. The highest BCUT2D eigenvalue weighted by Crippen LogP contribution is 1.96. The van der Waals surface area contributed by atoms with Gasteiger partial charge in [-0.1, -0.05) is 26.0 Å². The van der Waals surface area contributed by atoms with E-state index in [-0.39, 0.29) is 0 Å². The summed E-state index contributed by atoms with van der Waals surface area (Å²) >= 11 is 0. The van der Waals surface area contributed by atoms with E-state index in [1.807, 2.05) is 51.4 Å². The number of rotatable bonds is 1. The van der Waals surface area contributed by atoms with E-state index >= 15 is 0 Å². The summed E-state index contributed by atoms with van der Waals surface area (Å²) in [4.78, 5) is 0. The van der Waals surface area contributed by atoms with Crippen LogP contribution >= 0.6 is 0 Å². The molecule has 0 saturated carbocycles. The fraction of sp³-hybridized carbons (Fsp3) is 0.300. The summed E-state index contributed by atoms with van der Waals surface area (Å²) in [5.74, 6) is 0. The Bertz CT molecular complexity index is 226. The van der Waals surface area contributed by atoms with Crippen molar-refractivity contribution in [2.45, 2.75) is 20.8 Å². The van der Waals surface area contributed by atoms with Crippen LogP contribution in [0.15, 0.2) is 30.6 Å². The van der Waals surface area contributed by atoms with Crippen LogP contribution < -0.4 is 4.48 Å². The fourth-order valence-electron chi connectivity index (χ4n) is 0.772. The summed E-state index contributed by atoms with van der Waals surface area (Å²) in [6, 6.07) is 4.04. The topological polar surface area (TPSA) is 3.88 Å². The SMILES string of the molecule is CC.[BH][n+]1ccc(/C=C/C)cc1.